The van der Waals surface area contributed by atoms with Crippen LogP contribution in [0.1, 0.15) is 37.1 Å². The normalized spacial score (nSPS) is 16.5. The maximum absolute atomic E-state index is 12.5. The number of carbonyl (C=O) groups excluding carboxylic acids is 1. The lowest BCUT2D eigenvalue weighted by atomic mass is 9.89. The SMILES string of the molecule is Cn1cc(Br)nc1C1(OCC(=O)O)CCCN(C(=O)OCc2ccccc2)CCC1. The van der Waals surface area contributed by atoms with Crippen molar-refractivity contribution in [1.29, 1.82) is 0 Å². The lowest BCUT2D eigenvalue weighted by Crippen LogP contribution is -2.41. The quantitative estimate of drug-likeness (QED) is 0.678. The van der Waals surface area contributed by atoms with E-state index in [4.69, 9.17) is 14.6 Å². The standard InChI is InChI=1S/C21H26BrN3O5/c1-24-13-17(22)23-19(24)21(30-15-18(26)27)9-5-11-25(12-6-10-21)20(28)29-14-16-7-3-2-4-8-16/h2-4,7-8,13H,5-6,9-12,14-15H2,1H3,(H,26,27). The van der Waals surface area contributed by atoms with E-state index in [1.807, 2.05) is 48.1 Å². The number of likely N-dealkylation sites (tertiary alicyclic amines) is 1. The molecule has 162 valence electrons. The lowest BCUT2D eigenvalue weighted by molar-refractivity contribution is -0.153. The number of hydrogen-bond donors (Lipinski definition) is 1. The molecule has 2 aromatic rings. The first-order valence-corrected chi connectivity index (χ1v) is 10.7. The van der Waals surface area contributed by atoms with Gasteiger partial charge in [0.05, 0.1) is 0 Å². The van der Waals surface area contributed by atoms with Crippen LogP contribution in [0.15, 0.2) is 41.1 Å². The van der Waals surface area contributed by atoms with Crippen molar-refractivity contribution >= 4 is 28.0 Å². The molecule has 1 aliphatic heterocycles. The maximum atomic E-state index is 12.5. The Hall–Kier alpha value is -2.39. The van der Waals surface area contributed by atoms with E-state index < -0.39 is 18.2 Å². The van der Waals surface area contributed by atoms with Crippen molar-refractivity contribution in [2.75, 3.05) is 19.7 Å². The van der Waals surface area contributed by atoms with Crippen molar-refractivity contribution in [3.8, 4) is 0 Å². The van der Waals surface area contributed by atoms with Crippen molar-refractivity contribution in [2.45, 2.75) is 37.9 Å². The minimum Gasteiger partial charge on any atom is -0.480 e. The third-order valence-corrected chi connectivity index (χ3v) is 5.59. The molecule has 1 aromatic carbocycles. The van der Waals surface area contributed by atoms with Gasteiger partial charge >= 0.3 is 12.1 Å². The number of rotatable bonds is 6. The number of ether oxygens (including phenoxy) is 2. The third kappa shape index (κ3) is 5.60. The number of benzene rings is 1. The summed E-state index contributed by atoms with van der Waals surface area (Å²) >= 11 is 3.38. The van der Waals surface area contributed by atoms with Gasteiger partial charge in [0, 0.05) is 26.3 Å². The van der Waals surface area contributed by atoms with Gasteiger partial charge in [-0.3, -0.25) is 0 Å². The van der Waals surface area contributed by atoms with Gasteiger partial charge in [-0.2, -0.15) is 0 Å². The van der Waals surface area contributed by atoms with E-state index in [-0.39, 0.29) is 12.7 Å². The van der Waals surface area contributed by atoms with Crippen LogP contribution in [0.25, 0.3) is 0 Å². The highest BCUT2D eigenvalue weighted by molar-refractivity contribution is 9.10. The summed E-state index contributed by atoms with van der Waals surface area (Å²) in [6.45, 7) is 0.866. The molecule has 1 amide bonds. The number of aryl methyl sites for hydroxylation is 1. The molecule has 0 unspecified atom stereocenters. The summed E-state index contributed by atoms with van der Waals surface area (Å²) in [6.07, 6.45) is 3.89. The van der Waals surface area contributed by atoms with Crippen molar-refractivity contribution < 1.29 is 24.2 Å². The van der Waals surface area contributed by atoms with E-state index in [0.717, 1.165) is 5.56 Å². The first kappa shape index (κ1) is 22.3. The molecule has 1 aliphatic rings. The van der Waals surface area contributed by atoms with Gasteiger partial charge in [-0.25, -0.2) is 14.6 Å². The molecule has 0 bridgehead atoms. The zero-order valence-electron chi connectivity index (χ0n) is 16.9. The van der Waals surface area contributed by atoms with Crippen molar-refractivity contribution in [3.05, 3.63) is 52.5 Å². The summed E-state index contributed by atoms with van der Waals surface area (Å²) in [7, 11) is 1.87. The second kappa shape index (κ2) is 10.1. The largest absolute Gasteiger partial charge is 0.480 e. The summed E-state index contributed by atoms with van der Waals surface area (Å²) in [5.74, 6) is -0.327. The zero-order valence-corrected chi connectivity index (χ0v) is 18.5. The summed E-state index contributed by atoms with van der Waals surface area (Å²) in [6, 6.07) is 9.57. The van der Waals surface area contributed by atoms with E-state index in [1.54, 1.807) is 4.90 Å². The van der Waals surface area contributed by atoms with Gasteiger partial charge in [-0.05, 0) is 47.2 Å². The molecular formula is C21H26BrN3O5. The molecule has 1 saturated heterocycles. The summed E-state index contributed by atoms with van der Waals surface area (Å²) in [5, 5.41) is 9.14. The molecule has 0 spiro atoms. The molecule has 0 atom stereocenters. The average Bonchev–Trinajstić information content (AvgIpc) is 3.05. The van der Waals surface area contributed by atoms with E-state index in [0.29, 0.717) is 49.2 Å². The van der Waals surface area contributed by atoms with Crippen LogP contribution in [0.5, 0.6) is 0 Å². The molecule has 30 heavy (non-hydrogen) atoms. The van der Waals surface area contributed by atoms with Gasteiger partial charge in [0.2, 0.25) is 0 Å². The molecule has 0 radical (unpaired) electrons. The Bertz CT molecular complexity index is 861. The van der Waals surface area contributed by atoms with E-state index in [2.05, 4.69) is 20.9 Å². The lowest BCUT2D eigenvalue weighted by Gasteiger charge is -2.36. The van der Waals surface area contributed by atoms with Crippen LogP contribution >= 0.6 is 15.9 Å². The molecule has 1 aromatic heterocycles. The Morgan fingerprint density at radius 3 is 2.43 bits per heavy atom. The topological polar surface area (TPSA) is 93.9 Å². The van der Waals surface area contributed by atoms with E-state index >= 15 is 0 Å². The molecular weight excluding hydrogens is 454 g/mol. The fraction of sp³-hybridized carbons (Fsp3) is 0.476. The highest BCUT2D eigenvalue weighted by atomic mass is 79.9. The highest BCUT2D eigenvalue weighted by Crippen LogP contribution is 2.37. The fourth-order valence-electron chi connectivity index (χ4n) is 3.83. The van der Waals surface area contributed by atoms with Crippen molar-refractivity contribution in [2.24, 2.45) is 7.05 Å². The molecule has 0 saturated carbocycles. The first-order chi connectivity index (χ1) is 14.4. The number of halogens is 1. The predicted molar refractivity (Wildman–Crippen MR) is 113 cm³/mol. The second-order valence-corrected chi connectivity index (χ2v) is 8.22. The van der Waals surface area contributed by atoms with Gasteiger partial charge in [0.1, 0.15) is 29.2 Å². The Kier molecular flexibility index (Phi) is 7.49. The number of aliphatic carboxylic acids is 1. The molecule has 3 rings (SSSR count). The van der Waals surface area contributed by atoms with Crippen LogP contribution in [-0.2, 0) is 33.5 Å². The monoisotopic (exact) mass is 479 g/mol. The molecule has 9 heteroatoms. The Morgan fingerprint density at radius 2 is 1.87 bits per heavy atom. The summed E-state index contributed by atoms with van der Waals surface area (Å²) in [5.41, 5.74) is 0.137. The maximum Gasteiger partial charge on any atom is 0.410 e. The molecule has 8 nitrogen and oxygen atoms in total. The molecule has 1 fully saturated rings. The molecule has 1 N–H and O–H groups in total. The van der Waals surface area contributed by atoms with Gasteiger partial charge in [0.25, 0.3) is 0 Å². The van der Waals surface area contributed by atoms with Crippen molar-refractivity contribution in [3.63, 3.8) is 0 Å². The second-order valence-electron chi connectivity index (χ2n) is 7.41. The van der Waals surface area contributed by atoms with Gasteiger partial charge in [-0.1, -0.05) is 30.3 Å². The van der Waals surface area contributed by atoms with Crippen LogP contribution in [0, 0.1) is 0 Å². The fourth-order valence-corrected chi connectivity index (χ4v) is 4.30. The van der Waals surface area contributed by atoms with Gasteiger partial charge < -0.3 is 24.0 Å². The average molecular weight is 480 g/mol. The minimum absolute atomic E-state index is 0.239. The number of carboxylic acid groups (broad SMARTS) is 1. The highest BCUT2D eigenvalue weighted by Gasteiger charge is 2.39. The summed E-state index contributed by atoms with van der Waals surface area (Å²) in [4.78, 5) is 29.9. The molecule has 2 heterocycles. The number of imidazole rings is 1. The number of carbonyl (C=O) groups is 2. The molecule has 0 aliphatic carbocycles. The number of hydrogen-bond acceptors (Lipinski definition) is 5. The zero-order chi connectivity index (χ0) is 21.6. The number of nitrogens with zero attached hydrogens (tertiary/aromatic N) is 3. The van der Waals surface area contributed by atoms with Crippen LogP contribution in [0.2, 0.25) is 0 Å². The third-order valence-electron chi connectivity index (χ3n) is 5.21. The van der Waals surface area contributed by atoms with E-state index in [9.17, 15) is 9.59 Å². The van der Waals surface area contributed by atoms with Crippen LogP contribution < -0.4 is 0 Å². The Labute approximate surface area is 183 Å². The summed E-state index contributed by atoms with van der Waals surface area (Å²) < 4.78 is 13.9. The van der Waals surface area contributed by atoms with Crippen LogP contribution in [0.3, 0.4) is 0 Å². The predicted octanol–water partition coefficient (Wildman–Crippen LogP) is 3.69. The number of amides is 1. The Morgan fingerprint density at radius 1 is 1.20 bits per heavy atom. The number of carboxylic acids is 1. The first-order valence-electron chi connectivity index (χ1n) is 9.90. The minimum atomic E-state index is -1.02. The van der Waals surface area contributed by atoms with E-state index in [1.165, 1.54) is 0 Å². The van der Waals surface area contributed by atoms with Gasteiger partial charge in [0.15, 0.2) is 0 Å². The number of aromatic nitrogens is 2. The van der Waals surface area contributed by atoms with Crippen molar-refractivity contribution in [1.82, 2.24) is 14.5 Å². The van der Waals surface area contributed by atoms with Crippen LogP contribution in [0.4, 0.5) is 4.79 Å². The van der Waals surface area contributed by atoms with Gasteiger partial charge in [-0.15, -0.1) is 0 Å². The smallest absolute Gasteiger partial charge is 0.410 e. The Balaban J connectivity index is 1.65. The van der Waals surface area contributed by atoms with Crippen LogP contribution in [-0.4, -0.2) is 51.3 Å².